The van der Waals surface area contributed by atoms with E-state index in [4.69, 9.17) is 34.8 Å². The highest BCUT2D eigenvalue weighted by Crippen LogP contribution is 2.33. The van der Waals surface area contributed by atoms with Crippen molar-refractivity contribution in [3.05, 3.63) is 39.4 Å². The zero-order valence-electron chi connectivity index (χ0n) is 7.90. The highest BCUT2D eigenvalue weighted by atomic mass is 35.5. The van der Waals surface area contributed by atoms with E-state index in [1.807, 2.05) is 0 Å². The van der Waals surface area contributed by atoms with Crippen molar-refractivity contribution in [3.8, 4) is 0 Å². The Morgan fingerprint density at radius 2 is 1.93 bits per heavy atom. The van der Waals surface area contributed by atoms with Crippen molar-refractivity contribution in [1.29, 1.82) is 0 Å². The lowest BCUT2D eigenvalue weighted by atomic mass is 10.3. The Kier molecular flexibility index (Phi) is 4.03. The molecule has 1 aromatic carbocycles. The number of carbonyl (C=O) groups excluding carboxylic acids is 1. The van der Waals surface area contributed by atoms with Gasteiger partial charge in [-0.2, -0.15) is 0 Å². The average Bonchev–Trinajstić information content (AvgIpc) is 2.13. The molecule has 0 aromatic heterocycles. The summed E-state index contributed by atoms with van der Waals surface area (Å²) in [5.74, 6) is -0.324. The van der Waals surface area contributed by atoms with Crippen LogP contribution in [-0.2, 0) is 4.79 Å². The highest BCUT2D eigenvalue weighted by molar-refractivity contribution is 6.45. The molecule has 0 bridgehead atoms. The fraction of sp³-hybridized carbons (Fsp3) is 0.100. The standard InChI is InChI=1S/C10H8Cl3NO/c1-5(2)10(15)14-8-4-6(11)3-7(12)9(8)13/h3-4H,1H2,2H3,(H,14,15). The Morgan fingerprint density at radius 3 is 2.47 bits per heavy atom. The summed E-state index contributed by atoms with van der Waals surface area (Å²) in [7, 11) is 0. The van der Waals surface area contributed by atoms with Crippen molar-refractivity contribution in [1.82, 2.24) is 0 Å². The van der Waals surface area contributed by atoms with E-state index >= 15 is 0 Å². The first-order valence-corrected chi connectivity index (χ1v) is 5.16. The molecule has 15 heavy (non-hydrogen) atoms. The van der Waals surface area contributed by atoms with Gasteiger partial charge in [0.25, 0.3) is 5.91 Å². The Hall–Kier alpha value is -0.700. The van der Waals surface area contributed by atoms with Crippen molar-refractivity contribution in [2.24, 2.45) is 0 Å². The van der Waals surface area contributed by atoms with E-state index in [9.17, 15) is 4.79 Å². The molecule has 0 saturated carbocycles. The van der Waals surface area contributed by atoms with E-state index in [1.165, 1.54) is 12.1 Å². The topological polar surface area (TPSA) is 29.1 Å². The van der Waals surface area contributed by atoms with Crippen molar-refractivity contribution in [2.75, 3.05) is 5.32 Å². The summed E-state index contributed by atoms with van der Waals surface area (Å²) in [4.78, 5) is 11.3. The van der Waals surface area contributed by atoms with E-state index in [0.29, 0.717) is 21.3 Å². The number of benzene rings is 1. The monoisotopic (exact) mass is 263 g/mol. The van der Waals surface area contributed by atoms with Crippen LogP contribution >= 0.6 is 34.8 Å². The fourth-order valence-corrected chi connectivity index (χ4v) is 1.53. The molecule has 5 heteroatoms. The largest absolute Gasteiger partial charge is 0.321 e. The summed E-state index contributed by atoms with van der Waals surface area (Å²) < 4.78 is 0. The van der Waals surface area contributed by atoms with Crippen molar-refractivity contribution >= 4 is 46.4 Å². The molecule has 1 aromatic rings. The van der Waals surface area contributed by atoms with Gasteiger partial charge in [0.2, 0.25) is 0 Å². The molecule has 1 amide bonds. The number of carbonyl (C=O) groups is 1. The molecule has 0 heterocycles. The Morgan fingerprint density at radius 1 is 1.33 bits per heavy atom. The second-order valence-corrected chi connectivity index (χ2v) is 4.21. The number of hydrogen-bond acceptors (Lipinski definition) is 1. The molecule has 80 valence electrons. The van der Waals surface area contributed by atoms with Crippen LogP contribution in [0, 0.1) is 0 Å². The predicted molar refractivity (Wildman–Crippen MR) is 64.9 cm³/mol. The van der Waals surface area contributed by atoms with E-state index in [1.54, 1.807) is 6.92 Å². The number of nitrogens with one attached hydrogen (secondary N) is 1. The first-order valence-electron chi connectivity index (χ1n) is 4.03. The lowest BCUT2D eigenvalue weighted by Crippen LogP contribution is -2.12. The van der Waals surface area contributed by atoms with Crippen molar-refractivity contribution in [2.45, 2.75) is 6.92 Å². The van der Waals surface area contributed by atoms with Crippen LogP contribution in [0.2, 0.25) is 15.1 Å². The minimum atomic E-state index is -0.324. The summed E-state index contributed by atoms with van der Waals surface area (Å²) >= 11 is 17.4. The number of halogens is 3. The predicted octanol–water partition coefficient (Wildman–Crippen LogP) is 4.16. The van der Waals surface area contributed by atoms with Crippen molar-refractivity contribution in [3.63, 3.8) is 0 Å². The molecule has 2 nitrogen and oxygen atoms in total. The molecule has 1 rings (SSSR count). The normalized spacial score (nSPS) is 9.87. The molecule has 0 aliphatic carbocycles. The Labute approximate surface area is 103 Å². The van der Waals surface area contributed by atoms with E-state index in [-0.39, 0.29) is 10.9 Å². The molecule has 0 unspecified atom stereocenters. The van der Waals surface area contributed by atoms with Gasteiger partial charge in [-0.15, -0.1) is 0 Å². The fourth-order valence-electron chi connectivity index (χ4n) is 0.876. The van der Waals surface area contributed by atoms with Gasteiger partial charge in [0.1, 0.15) is 0 Å². The zero-order chi connectivity index (χ0) is 11.6. The maximum atomic E-state index is 11.3. The second kappa shape index (κ2) is 4.88. The van der Waals surface area contributed by atoms with Crippen LogP contribution in [-0.4, -0.2) is 5.91 Å². The molecule has 0 saturated heterocycles. The number of rotatable bonds is 2. The van der Waals surface area contributed by atoms with Gasteiger partial charge in [-0.05, 0) is 19.1 Å². The summed E-state index contributed by atoms with van der Waals surface area (Å²) in [5, 5.41) is 3.51. The Bertz CT molecular complexity index is 429. The highest BCUT2D eigenvalue weighted by Gasteiger charge is 2.10. The molecule has 0 fully saturated rings. The number of hydrogen-bond donors (Lipinski definition) is 1. The first-order chi connectivity index (χ1) is 6.91. The smallest absolute Gasteiger partial charge is 0.250 e. The van der Waals surface area contributed by atoms with Gasteiger partial charge in [-0.25, -0.2) is 0 Å². The van der Waals surface area contributed by atoms with Gasteiger partial charge < -0.3 is 5.32 Å². The maximum absolute atomic E-state index is 11.3. The Balaban J connectivity index is 3.05. The minimum absolute atomic E-state index is 0.260. The molecule has 0 radical (unpaired) electrons. The minimum Gasteiger partial charge on any atom is -0.321 e. The van der Waals surface area contributed by atoms with Gasteiger partial charge in [0.15, 0.2) is 0 Å². The van der Waals surface area contributed by atoms with E-state index in [0.717, 1.165) is 0 Å². The lowest BCUT2D eigenvalue weighted by molar-refractivity contribution is -0.112. The van der Waals surface area contributed by atoms with Crippen LogP contribution in [0.1, 0.15) is 6.92 Å². The van der Waals surface area contributed by atoms with Crippen LogP contribution < -0.4 is 5.32 Å². The molecule has 0 spiro atoms. The van der Waals surface area contributed by atoms with Crippen LogP contribution in [0.15, 0.2) is 24.3 Å². The lowest BCUT2D eigenvalue weighted by Gasteiger charge is -2.08. The van der Waals surface area contributed by atoms with Gasteiger partial charge in [-0.1, -0.05) is 41.4 Å². The summed E-state index contributed by atoms with van der Waals surface area (Å²) in [5.41, 5.74) is 0.754. The maximum Gasteiger partial charge on any atom is 0.250 e. The van der Waals surface area contributed by atoms with E-state index in [2.05, 4.69) is 11.9 Å². The van der Waals surface area contributed by atoms with Crippen LogP contribution in [0.4, 0.5) is 5.69 Å². The summed E-state index contributed by atoms with van der Waals surface area (Å²) in [6.07, 6.45) is 0. The summed E-state index contributed by atoms with van der Waals surface area (Å²) in [6, 6.07) is 3.03. The molecule has 0 atom stereocenters. The number of amides is 1. The van der Waals surface area contributed by atoms with Gasteiger partial charge in [0.05, 0.1) is 15.7 Å². The van der Waals surface area contributed by atoms with Crippen molar-refractivity contribution < 1.29 is 4.79 Å². The SMILES string of the molecule is C=C(C)C(=O)Nc1cc(Cl)cc(Cl)c1Cl. The quantitative estimate of drug-likeness (QED) is 0.630. The van der Waals surface area contributed by atoms with Crippen LogP contribution in [0.5, 0.6) is 0 Å². The molecule has 1 N–H and O–H groups in total. The van der Waals surface area contributed by atoms with Crippen LogP contribution in [0.3, 0.4) is 0 Å². The summed E-state index contributed by atoms with van der Waals surface area (Å²) in [6.45, 7) is 5.10. The third kappa shape index (κ3) is 3.13. The van der Waals surface area contributed by atoms with E-state index < -0.39 is 0 Å². The molecule has 0 aliphatic heterocycles. The second-order valence-electron chi connectivity index (χ2n) is 2.98. The third-order valence-corrected chi connectivity index (χ3v) is 2.65. The zero-order valence-corrected chi connectivity index (χ0v) is 10.2. The number of anilines is 1. The van der Waals surface area contributed by atoms with Crippen LogP contribution in [0.25, 0.3) is 0 Å². The molecular weight excluding hydrogens is 256 g/mol. The molecular formula is C10H8Cl3NO. The average molecular weight is 265 g/mol. The third-order valence-electron chi connectivity index (χ3n) is 1.63. The molecule has 0 aliphatic rings. The first kappa shape index (κ1) is 12.4. The van der Waals surface area contributed by atoms with Gasteiger partial charge >= 0.3 is 0 Å². The van der Waals surface area contributed by atoms with Gasteiger partial charge in [-0.3, -0.25) is 4.79 Å². The van der Waals surface area contributed by atoms with Gasteiger partial charge in [0, 0.05) is 10.6 Å².